The zero-order valence-electron chi connectivity index (χ0n) is 22.3. The Morgan fingerprint density at radius 2 is 1.97 bits per heavy atom. The Balaban J connectivity index is 2.35. The number of hydrogen-bond acceptors (Lipinski definition) is 7. The summed E-state index contributed by atoms with van der Waals surface area (Å²) >= 11 is 1.56. The van der Waals surface area contributed by atoms with E-state index < -0.39 is 35.6 Å². The first kappa shape index (κ1) is 29.4. The van der Waals surface area contributed by atoms with Crippen LogP contribution in [0, 0.1) is 24.2 Å². The van der Waals surface area contributed by atoms with Crippen molar-refractivity contribution in [3.8, 4) is 0 Å². The van der Waals surface area contributed by atoms with Gasteiger partial charge in [0, 0.05) is 17.7 Å². The molecule has 0 amide bonds. The van der Waals surface area contributed by atoms with E-state index in [0.29, 0.717) is 12.8 Å². The Labute approximate surface area is 214 Å². The van der Waals surface area contributed by atoms with Crippen LogP contribution >= 0.6 is 11.3 Å². The number of Topliss-reactive ketones (excluding diaryl/α,β-unsaturated/α-hetero) is 1. The number of aryl methyl sites for hydroxylation is 1. The van der Waals surface area contributed by atoms with Crippen molar-refractivity contribution in [2.24, 2.45) is 17.3 Å². The molecule has 196 valence electrons. The fourth-order valence-corrected chi connectivity index (χ4v) is 5.19. The summed E-state index contributed by atoms with van der Waals surface area (Å²) in [5.41, 5.74) is 1.72. The number of aliphatic hydroxyl groups excluding tert-OH is 2. The first-order valence-corrected chi connectivity index (χ1v) is 13.6. The van der Waals surface area contributed by atoms with Crippen molar-refractivity contribution < 1.29 is 24.5 Å². The third-order valence-electron chi connectivity index (χ3n) is 7.30. The molecule has 0 radical (unpaired) electrons. The van der Waals surface area contributed by atoms with Crippen molar-refractivity contribution >= 4 is 29.2 Å². The average Bonchev–Trinajstić information content (AvgIpc) is 3.20. The Morgan fingerprint density at radius 1 is 1.29 bits per heavy atom. The van der Waals surface area contributed by atoms with Gasteiger partial charge < -0.3 is 14.9 Å². The van der Waals surface area contributed by atoms with Crippen molar-refractivity contribution in [2.45, 2.75) is 105 Å². The lowest BCUT2D eigenvalue weighted by atomic mass is 9.71. The number of cyclic esters (lactones) is 1. The largest absolute Gasteiger partial charge is 0.457 e. The summed E-state index contributed by atoms with van der Waals surface area (Å²) in [5.74, 6) is -1.39. The van der Waals surface area contributed by atoms with Gasteiger partial charge in [0.05, 0.1) is 34.7 Å². The third-order valence-corrected chi connectivity index (χ3v) is 8.10. The number of aliphatic hydroxyl groups is 2. The molecule has 0 bridgehead atoms. The fourth-order valence-electron chi connectivity index (χ4n) is 4.62. The van der Waals surface area contributed by atoms with Crippen LogP contribution in [-0.4, -0.2) is 45.3 Å². The second-order valence-electron chi connectivity index (χ2n) is 10.6. The molecule has 0 saturated heterocycles. The predicted octanol–water partition coefficient (Wildman–Crippen LogP) is 5.66. The van der Waals surface area contributed by atoms with Gasteiger partial charge in [0.25, 0.3) is 0 Å². The minimum absolute atomic E-state index is 0.0398. The summed E-state index contributed by atoms with van der Waals surface area (Å²) in [4.78, 5) is 30.8. The monoisotopic (exact) mass is 505 g/mol. The van der Waals surface area contributed by atoms with Crippen LogP contribution in [0.25, 0.3) is 6.08 Å². The minimum Gasteiger partial charge on any atom is -0.457 e. The molecule has 1 aromatic rings. The van der Waals surface area contributed by atoms with Gasteiger partial charge >= 0.3 is 5.97 Å². The number of hydrogen-bond donors (Lipinski definition) is 2. The normalized spacial score (nSPS) is 31.5. The Kier molecular flexibility index (Phi) is 10.9. The molecular formula is C28H43NO5S. The second-order valence-corrected chi connectivity index (χ2v) is 11.7. The molecule has 1 aliphatic rings. The van der Waals surface area contributed by atoms with Crippen LogP contribution in [0.5, 0.6) is 0 Å². The van der Waals surface area contributed by atoms with E-state index in [-0.39, 0.29) is 18.1 Å². The number of aromatic nitrogens is 1. The van der Waals surface area contributed by atoms with Gasteiger partial charge in [-0.25, -0.2) is 4.98 Å². The van der Waals surface area contributed by atoms with Crippen molar-refractivity contribution in [1.82, 2.24) is 4.98 Å². The molecule has 0 unspecified atom stereocenters. The van der Waals surface area contributed by atoms with E-state index in [2.05, 4.69) is 18.0 Å². The SMILES string of the molecule is CC[C@H]1C(=O)C(C)(C)[C@H](O)CC(=O)O[C@H](/C(C)=C/c2csc(C)n2)C/C=C(/C)CCC[C@@H](C)[C@@H]1O. The molecule has 2 heterocycles. The summed E-state index contributed by atoms with van der Waals surface area (Å²) < 4.78 is 5.83. The van der Waals surface area contributed by atoms with Gasteiger partial charge in [-0.2, -0.15) is 0 Å². The number of esters is 1. The lowest BCUT2D eigenvalue weighted by molar-refractivity contribution is -0.154. The number of allylic oxidation sites excluding steroid dienone is 1. The van der Waals surface area contributed by atoms with Gasteiger partial charge in [0.2, 0.25) is 0 Å². The van der Waals surface area contributed by atoms with Crippen LogP contribution in [0.4, 0.5) is 0 Å². The number of carbonyl (C=O) groups excluding carboxylic acids is 2. The molecule has 0 aliphatic carbocycles. The lowest BCUT2D eigenvalue weighted by Crippen LogP contribution is -2.46. The molecule has 2 N–H and O–H groups in total. The molecule has 35 heavy (non-hydrogen) atoms. The lowest BCUT2D eigenvalue weighted by Gasteiger charge is -2.35. The van der Waals surface area contributed by atoms with E-state index in [4.69, 9.17) is 4.74 Å². The maximum absolute atomic E-state index is 13.4. The molecule has 0 saturated carbocycles. The minimum atomic E-state index is -1.21. The van der Waals surface area contributed by atoms with E-state index in [0.717, 1.165) is 35.5 Å². The molecule has 1 aliphatic heterocycles. The van der Waals surface area contributed by atoms with E-state index in [1.165, 1.54) is 5.57 Å². The Morgan fingerprint density at radius 3 is 2.57 bits per heavy atom. The quantitative estimate of drug-likeness (QED) is 0.407. The third kappa shape index (κ3) is 8.09. The number of rotatable bonds is 3. The standard InChI is InChI=1S/C28H43NO5S/c1-8-22-26(32)18(3)11-9-10-17(2)12-13-23(19(4)14-21-16-35-20(5)29-21)34-25(31)15-24(30)28(6,7)27(22)33/h12,14,16,18,22-24,26,30,32H,8-11,13,15H2,1-7H3/b17-12-,19-14+/t18-,22-,23+,24-,26+/m1/s1. The maximum Gasteiger partial charge on any atom is 0.309 e. The number of thiazole rings is 1. The zero-order valence-corrected chi connectivity index (χ0v) is 23.2. The Bertz CT molecular complexity index is 932. The summed E-state index contributed by atoms with van der Waals surface area (Å²) in [7, 11) is 0. The van der Waals surface area contributed by atoms with Crippen molar-refractivity contribution in [3.63, 3.8) is 0 Å². The molecule has 1 aromatic heterocycles. The van der Waals surface area contributed by atoms with Crippen molar-refractivity contribution in [1.29, 1.82) is 0 Å². The zero-order chi connectivity index (χ0) is 26.3. The van der Waals surface area contributed by atoms with Crippen LogP contribution < -0.4 is 0 Å². The highest BCUT2D eigenvalue weighted by Crippen LogP contribution is 2.34. The van der Waals surface area contributed by atoms with E-state index in [1.807, 2.05) is 39.2 Å². The number of carbonyl (C=O) groups is 2. The first-order valence-electron chi connectivity index (χ1n) is 12.7. The van der Waals surface area contributed by atoms with Gasteiger partial charge in [-0.3, -0.25) is 9.59 Å². The van der Waals surface area contributed by atoms with Crippen LogP contribution in [0.15, 0.2) is 22.6 Å². The number of nitrogens with zero attached hydrogens (tertiary/aromatic N) is 1. The molecule has 7 heteroatoms. The Hall–Kier alpha value is -1.83. The summed E-state index contributed by atoms with van der Waals surface area (Å²) in [6.07, 6.45) is 4.85. The first-order chi connectivity index (χ1) is 16.4. The maximum atomic E-state index is 13.4. The average molecular weight is 506 g/mol. The van der Waals surface area contributed by atoms with Crippen molar-refractivity contribution in [3.05, 3.63) is 33.3 Å². The van der Waals surface area contributed by atoms with E-state index >= 15 is 0 Å². The van der Waals surface area contributed by atoms with Gasteiger partial charge in [0.15, 0.2) is 0 Å². The molecule has 2 rings (SSSR count). The summed E-state index contributed by atoms with van der Waals surface area (Å²) in [6, 6.07) is 0. The van der Waals surface area contributed by atoms with Gasteiger partial charge in [-0.05, 0) is 64.0 Å². The molecule has 0 spiro atoms. The molecule has 6 nitrogen and oxygen atoms in total. The molecule has 0 fully saturated rings. The molecule has 5 atom stereocenters. The molecule has 0 aromatic carbocycles. The van der Waals surface area contributed by atoms with E-state index in [1.54, 1.807) is 25.2 Å². The van der Waals surface area contributed by atoms with Gasteiger partial charge in [-0.1, -0.05) is 39.3 Å². The molecular weight excluding hydrogens is 462 g/mol. The van der Waals surface area contributed by atoms with Crippen LogP contribution in [0.2, 0.25) is 0 Å². The van der Waals surface area contributed by atoms with Crippen LogP contribution in [0.1, 0.15) is 90.8 Å². The van der Waals surface area contributed by atoms with Crippen LogP contribution in [0.3, 0.4) is 0 Å². The highest BCUT2D eigenvalue weighted by molar-refractivity contribution is 7.09. The number of ketones is 1. The fraction of sp³-hybridized carbons (Fsp3) is 0.679. The second kappa shape index (κ2) is 12.9. The smallest absolute Gasteiger partial charge is 0.309 e. The van der Waals surface area contributed by atoms with Gasteiger partial charge in [0.1, 0.15) is 11.9 Å². The summed E-state index contributed by atoms with van der Waals surface area (Å²) in [5, 5.41) is 24.8. The summed E-state index contributed by atoms with van der Waals surface area (Å²) in [6.45, 7) is 13.1. The van der Waals surface area contributed by atoms with Crippen molar-refractivity contribution in [2.75, 3.05) is 0 Å². The predicted molar refractivity (Wildman–Crippen MR) is 141 cm³/mol. The highest BCUT2D eigenvalue weighted by atomic mass is 32.1. The van der Waals surface area contributed by atoms with Crippen LogP contribution in [-0.2, 0) is 14.3 Å². The van der Waals surface area contributed by atoms with E-state index in [9.17, 15) is 19.8 Å². The highest BCUT2D eigenvalue weighted by Gasteiger charge is 2.43. The number of ether oxygens (including phenoxy) is 1. The topological polar surface area (TPSA) is 96.7 Å². The van der Waals surface area contributed by atoms with Gasteiger partial charge in [-0.15, -0.1) is 11.3 Å².